The third-order valence-corrected chi connectivity index (χ3v) is 16.7. The van der Waals surface area contributed by atoms with Gasteiger partial charge in [-0.1, -0.05) is 24.3 Å². The van der Waals surface area contributed by atoms with Gasteiger partial charge in [0.15, 0.2) is 0 Å². The molecule has 0 spiro atoms. The summed E-state index contributed by atoms with van der Waals surface area (Å²) in [6.45, 7) is 8.38. The summed E-state index contributed by atoms with van der Waals surface area (Å²) in [6, 6.07) is 48.0. The first kappa shape index (κ1) is 45.6. The van der Waals surface area contributed by atoms with Crippen molar-refractivity contribution in [2.45, 2.75) is 27.7 Å². The molecule has 4 heterocycles. The Morgan fingerprint density at radius 2 is 0.472 bits per heavy atom. The van der Waals surface area contributed by atoms with Crippen LogP contribution in [0, 0.1) is 51.0 Å². The zero-order valence-electron chi connectivity index (χ0n) is 39.3. The van der Waals surface area contributed by atoms with Crippen molar-refractivity contribution >= 4 is 146 Å². The first-order valence-corrected chi connectivity index (χ1v) is 26.7. The van der Waals surface area contributed by atoms with Gasteiger partial charge in [-0.15, -0.1) is 45.3 Å². The van der Waals surface area contributed by atoms with Gasteiger partial charge in [0, 0.05) is 74.6 Å². The molecule has 4 nitrogen and oxygen atoms in total. The molecule has 0 aliphatic heterocycles. The average molecular weight is 1020 g/mol. The van der Waals surface area contributed by atoms with E-state index in [1.54, 1.807) is 45.3 Å². The van der Waals surface area contributed by atoms with Crippen molar-refractivity contribution in [2.24, 2.45) is 0 Å². The minimum atomic E-state index is -0.342. The SMILES string of the molecule is Cc1sccc1N(c1ccc(F)cc1)c1cc(N(c2ccc(F)cc2)c2ccsc2C)c2ccc3c(N(c4ccc(F)cc4)c4ccsc4C)cc(N(c4ccc(F)cc4)c4ccsc4C)c4ccc1c2c43. The predicted molar refractivity (Wildman–Crippen MR) is 299 cm³/mol. The van der Waals surface area contributed by atoms with Gasteiger partial charge in [-0.2, -0.15) is 0 Å². The molecule has 0 fully saturated rings. The summed E-state index contributed by atoms with van der Waals surface area (Å²) in [5.41, 5.74) is 10.2. The number of rotatable bonds is 12. The lowest BCUT2D eigenvalue weighted by Gasteiger charge is -2.34. The van der Waals surface area contributed by atoms with Crippen LogP contribution in [-0.4, -0.2) is 0 Å². The van der Waals surface area contributed by atoms with Gasteiger partial charge < -0.3 is 19.6 Å². The summed E-state index contributed by atoms with van der Waals surface area (Å²) in [4.78, 5) is 13.1. The van der Waals surface area contributed by atoms with E-state index in [1.165, 1.54) is 48.5 Å². The maximum absolute atomic E-state index is 14.9. The van der Waals surface area contributed by atoms with E-state index >= 15 is 0 Å². The molecule has 4 aromatic heterocycles. The molecule has 0 unspecified atom stereocenters. The second-order valence-electron chi connectivity index (χ2n) is 17.6. The zero-order chi connectivity index (χ0) is 49.4. The first-order valence-electron chi connectivity index (χ1n) is 23.2. The highest BCUT2D eigenvalue weighted by atomic mass is 32.1. The lowest BCUT2D eigenvalue weighted by molar-refractivity contribution is 0.627. The van der Waals surface area contributed by atoms with Crippen molar-refractivity contribution in [1.29, 1.82) is 0 Å². The highest BCUT2D eigenvalue weighted by Gasteiger charge is 2.30. The number of hydrogen-bond donors (Lipinski definition) is 0. The number of nitrogens with zero attached hydrogens (tertiary/aromatic N) is 4. The molecule has 0 atom stereocenters. The van der Waals surface area contributed by atoms with Gasteiger partial charge in [0.1, 0.15) is 23.3 Å². The lowest BCUT2D eigenvalue weighted by atomic mass is 9.89. The standard InChI is InChI=1S/C60H42F4N4S4/c1-35-51(25-29-69-35)65(43-13-5-39(61)6-14-43)55-33-56(66(52-26-30-70-36(52)2)44-15-7-40(62)8-16-44)48-23-24-50-58(68(54-28-32-72-38(54)4)46-19-11-42(64)12-20-46)34-57(49-22-21-47(55)59(48)60(49)50)67(53-27-31-71-37(53)3)45-17-9-41(63)10-18-45/h5-34H,1-4H3. The Bertz CT molecular complexity index is 3430. The topological polar surface area (TPSA) is 13.0 Å². The molecule has 0 N–H and O–H groups in total. The highest BCUT2D eigenvalue weighted by Crippen LogP contribution is 2.56. The molecule has 0 saturated heterocycles. The third kappa shape index (κ3) is 7.77. The van der Waals surface area contributed by atoms with Gasteiger partial charge in [0.05, 0.1) is 45.5 Å². The van der Waals surface area contributed by atoms with Crippen LogP contribution in [0.2, 0.25) is 0 Å². The Balaban J connectivity index is 1.29. The summed E-state index contributed by atoms with van der Waals surface area (Å²) >= 11 is 6.55. The molecule has 0 amide bonds. The van der Waals surface area contributed by atoms with E-state index in [-0.39, 0.29) is 23.3 Å². The largest absolute Gasteiger partial charge is 0.309 e. The van der Waals surface area contributed by atoms with Gasteiger partial charge in [-0.3, -0.25) is 0 Å². The van der Waals surface area contributed by atoms with Crippen LogP contribution in [0.4, 0.5) is 85.8 Å². The maximum Gasteiger partial charge on any atom is 0.123 e. The van der Waals surface area contributed by atoms with Crippen LogP contribution in [0.15, 0.2) is 179 Å². The quantitative estimate of drug-likeness (QED) is 0.0893. The van der Waals surface area contributed by atoms with E-state index in [1.807, 2.05) is 48.5 Å². The molecule has 354 valence electrons. The van der Waals surface area contributed by atoms with Crippen LogP contribution in [0.25, 0.3) is 32.3 Å². The van der Waals surface area contributed by atoms with E-state index in [0.29, 0.717) is 0 Å². The van der Waals surface area contributed by atoms with Crippen LogP contribution in [-0.2, 0) is 0 Å². The second kappa shape index (κ2) is 18.3. The monoisotopic (exact) mass is 1020 g/mol. The number of benzene rings is 8. The van der Waals surface area contributed by atoms with Gasteiger partial charge in [0.25, 0.3) is 0 Å². The molecule has 12 rings (SSSR count). The molecule has 72 heavy (non-hydrogen) atoms. The van der Waals surface area contributed by atoms with Crippen molar-refractivity contribution in [3.05, 3.63) is 222 Å². The van der Waals surface area contributed by atoms with Gasteiger partial charge in [-0.05, 0) is 183 Å². The Morgan fingerprint density at radius 1 is 0.264 bits per heavy atom. The summed E-state index contributed by atoms with van der Waals surface area (Å²) in [6.07, 6.45) is 0. The Labute approximate surface area is 430 Å². The summed E-state index contributed by atoms with van der Waals surface area (Å²) in [5.74, 6) is -1.37. The number of hydrogen-bond acceptors (Lipinski definition) is 8. The highest BCUT2D eigenvalue weighted by molar-refractivity contribution is 7.11. The van der Waals surface area contributed by atoms with Crippen molar-refractivity contribution in [1.82, 2.24) is 0 Å². The second-order valence-corrected chi connectivity index (χ2v) is 22.1. The molecule has 12 heteroatoms. The number of thiophene rings is 4. The van der Waals surface area contributed by atoms with Crippen LogP contribution in [0.5, 0.6) is 0 Å². The fourth-order valence-electron chi connectivity index (χ4n) is 10.1. The first-order chi connectivity index (χ1) is 35.0. The van der Waals surface area contributed by atoms with E-state index in [2.05, 4.69) is 129 Å². The van der Waals surface area contributed by atoms with Gasteiger partial charge >= 0.3 is 0 Å². The van der Waals surface area contributed by atoms with Crippen LogP contribution in [0.1, 0.15) is 19.5 Å². The maximum atomic E-state index is 14.9. The Morgan fingerprint density at radius 3 is 0.653 bits per heavy atom. The fraction of sp³-hybridized carbons (Fsp3) is 0.0667. The molecule has 0 aliphatic carbocycles. The number of aryl methyl sites for hydroxylation is 4. The molecule has 0 aliphatic rings. The van der Waals surface area contributed by atoms with Crippen molar-refractivity contribution < 1.29 is 17.6 Å². The van der Waals surface area contributed by atoms with Crippen molar-refractivity contribution in [3.8, 4) is 0 Å². The average Bonchev–Trinajstić information content (AvgIpc) is 4.22. The minimum Gasteiger partial charge on any atom is -0.309 e. The lowest BCUT2D eigenvalue weighted by Crippen LogP contribution is -2.16. The molecule has 8 aromatic carbocycles. The van der Waals surface area contributed by atoms with Crippen LogP contribution < -0.4 is 19.6 Å². The van der Waals surface area contributed by atoms with Gasteiger partial charge in [-0.25, -0.2) is 17.6 Å². The number of halogens is 4. The third-order valence-electron chi connectivity index (χ3n) is 13.4. The van der Waals surface area contributed by atoms with E-state index in [4.69, 9.17) is 0 Å². The van der Waals surface area contributed by atoms with E-state index < -0.39 is 0 Å². The minimum absolute atomic E-state index is 0.342. The molecule has 12 aromatic rings. The smallest absolute Gasteiger partial charge is 0.123 e. The molecule has 0 bridgehead atoms. The summed E-state index contributed by atoms with van der Waals surface area (Å²) in [5, 5.41) is 14.0. The Hall–Kier alpha value is -7.48. The predicted octanol–water partition coefficient (Wildman–Crippen LogP) is 20.5. The van der Waals surface area contributed by atoms with Gasteiger partial charge in [0.2, 0.25) is 0 Å². The summed E-state index contributed by atoms with van der Waals surface area (Å²) < 4.78 is 59.7. The van der Waals surface area contributed by atoms with E-state index in [0.717, 1.165) is 120 Å². The molecule has 0 radical (unpaired) electrons. The van der Waals surface area contributed by atoms with E-state index in [9.17, 15) is 17.6 Å². The van der Waals surface area contributed by atoms with Crippen LogP contribution >= 0.6 is 45.3 Å². The zero-order valence-corrected chi connectivity index (χ0v) is 42.5. The molecule has 0 saturated carbocycles. The molecular formula is C60H42F4N4S4. The molecular weight excluding hydrogens is 981 g/mol. The van der Waals surface area contributed by atoms with Crippen molar-refractivity contribution in [2.75, 3.05) is 19.6 Å². The van der Waals surface area contributed by atoms with Crippen molar-refractivity contribution in [3.63, 3.8) is 0 Å². The fourth-order valence-corrected chi connectivity index (χ4v) is 12.8. The Kier molecular flexibility index (Phi) is 11.6. The summed E-state index contributed by atoms with van der Waals surface area (Å²) in [7, 11) is 0. The normalized spacial score (nSPS) is 11.6. The number of anilines is 12. The van der Waals surface area contributed by atoms with Crippen LogP contribution in [0.3, 0.4) is 0 Å².